The maximum absolute atomic E-state index is 12.2. The quantitative estimate of drug-likeness (QED) is 0.822. The van der Waals surface area contributed by atoms with Crippen molar-refractivity contribution in [3.05, 3.63) is 17.0 Å². The van der Waals surface area contributed by atoms with E-state index >= 15 is 0 Å². The molecule has 0 unspecified atom stereocenters. The molecule has 19 heavy (non-hydrogen) atoms. The van der Waals surface area contributed by atoms with Crippen LogP contribution in [0.15, 0.2) is 0 Å². The molecule has 0 aromatic carbocycles. The van der Waals surface area contributed by atoms with Gasteiger partial charge in [-0.25, -0.2) is 0 Å². The van der Waals surface area contributed by atoms with Gasteiger partial charge in [-0.2, -0.15) is 5.10 Å². The largest absolute Gasteiger partial charge is 0.396 e. The van der Waals surface area contributed by atoms with Gasteiger partial charge in [0.1, 0.15) is 0 Å². The summed E-state index contributed by atoms with van der Waals surface area (Å²) in [4.78, 5) is 12.2. The smallest absolute Gasteiger partial charge is 0.255 e. The molecule has 0 aliphatic heterocycles. The Labute approximate surface area is 115 Å². The van der Waals surface area contributed by atoms with E-state index in [0.29, 0.717) is 12.1 Å². The van der Waals surface area contributed by atoms with Gasteiger partial charge in [-0.1, -0.05) is 13.8 Å². The molecule has 1 amide bonds. The fraction of sp³-hybridized carbons (Fsp3) is 0.714. The number of nitrogens with zero attached hydrogens (tertiary/aromatic N) is 2. The van der Waals surface area contributed by atoms with Crippen LogP contribution in [-0.2, 0) is 7.05 Å². The number of carbonyl (C=O) groups excluding carboxylic acids is 1. The number of aryl methyl sites for hydroxylation is 2. The molecule has 1 rings (SSSR count). The van der Waals surface area contributed by atoms with E-state index in [-0.39, 0.29) is 17.9 Å². The van der Waals surface area contributed by atoms with Gasteiger partial charge in [0.05, 0.1) is 17.9 Å². The number of aliphatic hydroxyl groups is 1. The van der Waals surface area contributed by atoms with Crippen LogP contribution in [0.1, 0.15) is 48.4 Å². The molecular weight excluding hydrogens is 242 g/mol. The van der Waals surface area contributed by atoms with Crippen molar-refractivity contribution in [3.63, 3.8) is 0 Å². The average molecular weight is 267 g/mol. The van der Waals surface area contributed by atoms with Crippen LogP contribution in [0.5, 0.6) is 0 Å². The van der Waals surface area contributed by atoms with Crippen molar-refractivity contribution in [1.29, 1.82) is 0 Å². The summed E-state index contributed by atoms with van der Waals surface area (Å²) < 4.78 is 1.71. The van der Waals surface area contributed by atoms with Gasteiger partial charge in [-0.3, -0.25) is 9.48 Å². The topological polar surface area (TPSA) is 67.2 Å². The number of aliphatic hydroxyl groups excluding tert-OH is 1. The third kappa shape index (κ3) is 3.15. The summed E-state index contributed by atoms with van der Waals surface area (Å²) in [6, 6.07) is 0. The lowest BCUT2D eigenvalue weighted by Gasteiger charge is -2.29. The van der Waals surface area contributed by atoms with Gasteiger partial charge >= 0.3 is 0 Å². The molecule has 0 bridgehead atoms. The molecule has 0 fully saturated rings. The van der Waals surface area contributed by atoms with Gasteiger partial charge in [-0.15, -0.1) is 0 Å². The van der Waals surface area contributed by atoms with Crippen LogP contribution in [-0.4, -0.2) is 33.9 Å². The Kier molecular flexibility index (Phi) is 5.11. The Morgan fingerprint density at radius 3 is 2.32 bits per heavy atom. The summed E-state index contributed by atoms with van der Waals surface area (Å²) >= 11 is 0. The number of rotatable bonds is 6. The van der Waals surface area contributed by atoms with E-state index in [1.165, 1.54) is 0 Å². The summed E-state index contributed by atoms with van der Waals surface area (Å²) in [6.07, 6.45) is 1.68. The normalized spacial score (nSPS) is 11.7. The second kappa shape index (κ2) is 6.19. The van der Waals surface area contributed by atoms with E-state index in [0.717, 1.165) is 24.2 Å². The van der Waals surface area contributed by atoms with Gasteiger partial charge < -0.3 is 10.4 Å². The number of aromatic nitrogens is 2. The second-order valence-electron chi connectivity index (χ2n) is 5.22. The first-order valence-electron chi connectivity index (χ1n) is 6.80. The Balaban J connectivity index is 2.81. The molecule has 108 valence electrons. The maximum Gasteiger partial charge on any atom is 0.255 e. The molecule has 1 aromatic rings. The first-order valence-corrected chi connectivity index (χ1v) is 6.80. The summed E-state index contributed by atoms with van der Waals surface area (Å²) in [5.74, 6) is -0.108. The van der Waals surface area contributed by atoms with Gasteiger partial charge in [-0.05, 0) is 26.7 Å². The highest BCUT2D eigenvalue weighted by molar-refractivity contribution is 5.96. The summed E-state index contributed by atoms with van der Waals surface area (Å²) in [5, 5.41) is 16.7. The van der Waals surface area contributed by atoms with E-state index in [9.17, 15) is 9.90 Å². The maximum atomic E-state index is 12.2. The third-order valence-corrected chi connectivity index (χ3v) is 4.20. The molecule has 0 saturated heterocycles. The van der Waals surface area contributed by atoms with Gasteiger partial charge in [0, 0.05) is 24.7 Å². The van der Waals surface area contributed by atoms with E-state index in [4.69, 9.17) is 0 Å². The Morgan fingerprint density at radius 1 is 1.37 bits per heavy atom. The average Bonchev–Trinajstić information content (AvgIpc) is 2.65. The van der Waals surface area contributed by atoms with Crippen LogP contribution in [0, 0.1) is 19.3 Å². The molecule has 1 aromatic heterocycles. The Hall–Kier alpha value is -1.36. The van der Waals surface area contributed by atoms with Crippen molar-refractivity contribution in [1.82, 2.24) is 15.1 Å². The molecule has 0 spiro atoms. The van der Waals surface area contributed by atoms with E-state index < -0.39 is 0 Å². The number of hydrogen-bond acceptors (Lipinski definition) is 3. The van der Waals surface area contributed by atoms with Crippen molar-refractivity contribution < 1.29 is 9.90 Å². The standard InChI is InChI=1S/C14H25N3O2/c1-6-14(7-2,9-18)8-15-13(19)12-10(3)16-17(5)11(12)4/h18H,6-9H2,1-5H3,(H,15,19). The van der Waals surface area contributed by atoms with Crippen molar-refractivity contribution in [2.45, 2.75) is 40.5 Å². The minimum atomic E-state index is -0.223. The zero-order valence-corrected chi connectivity index (χ0v) is 12.6. The van der Waals surface area contributed by atoms with E-state index in [1.807, 2.05) is 34.7 Å². The van der Waals surface area contributed by atoms with Crippen molar-refractivity contribution in [2.24, 2.45) is 12.5 Å². The Morgan fingerprint density at radius 2 is 1.95 bits per heavy atom. The molecule has 0 saturated carbocycles. The molecule has 0 atom stereocenters. The summed E-state index contributed by atoms with van der Waals surface area (Å²) in [7, 11) is 1.83. The first kappa shape index (κ1) is 15.7. The summed E-state index contributed by atoms with van der Waals surface area (Å²) in [5.41, 5.74) is 2.01. The molecule has 5 heteroatoms. The highest BCUT2D eigenvalue weighted by Gasteiger charge is 2.27. The number of hydrogen-bond donors (Lipinski definition) is 2. The van der Waals surface area contributed by atoms with Crippen LogP contribution in [0.2, 0.25) is 0 Å². The van der Waals surface area contributed by atoms with Crippen LogP contribution < -0.4 is 5.32 Å². The molecule has 0 radical (unpaired) electrons. The lowest BCUT2D eigenvalue weighted by molar-refractivity contribution is 0.0850. The number of nitrogens with one attached hydrogen (secondary N) is 1. The van der Waals surface area contributed by atoms with Crippen LogP contribution in [0.3, 0.4) is 0 Å². The van der Waals surface area contributed by atoms with Crippen molar-refractivity contribution in [2.75, 3.05) is 13.2 Å². The molecule has 0 aliphatic carbocycles. The monoisotopic (exact) mass is 267 g/mol. The third-order valence-electron chi connectivity index (χ3n) is 4.20. The minimum Gasteiger partial charge on any atom is -0.396 e. The molecular formula is C14H25N3O2. The van der Waals surface area contributed by atoms with Crippen LogP contribution >= 0.6 is 0 Å². The number of amides is 1. The fourth-order valence-corrected chi connectivity index (χ4v) is 2.24. The molecule has 2 N–H and O–H groups in total. The highest BCUT2D eigenvalue weighted by atomic mass is 16.3. The van der Waals surface area contributed by atoms with E-state index in [2.05, 4.69) is 10.4 Å². The molecule has 5 nitrogen and oxygen atoms in total. The van der Waals surface area contributed by atoms with Crippen molar-refractivity contribution >= 4 is 5.91 Å². The number of carbonyl (C=O) groups is 1. The highest BCUT2D eigenvalue weighted by Crippen LogP contribution is 2.24. The predicted octanol–water partition coefficient (Wildman–Crippen LogP) is 1.57. The van der Waals surface area contributed by atoms with Gasteiger partial charge in [0.25, 0.3) is 5.91 Å². The lowest BCUT2D eigenvalue weighted by atomic mass is 9.83. The van der Waals surface area contributed by atoms with Gasteiger partial charge in [0.2, 0.25) is 0 Å². The SMILES string of the molecule is CCC(CC)(CO)CNC(=O)c1c(C)nn(C)c1C. The second-order valence-corrected chi connectivity index (χ2v) is 5.22. The Bertz CT molecular complexity index is 440. The zero-order valence-electron chi connectivity index (χ0n) is 12.6. The summed E-state index contributed by atoms with van der Waals surface area (Å²) in [6.45, 7) is 8.36. The first-order chi connectivity index (χ1) is 8.90. The van der Waals surface area contributed by atoms with Crippen LogP contribution in [0.25, 0.3) is 0 Å². The molecule has 1 heterocycles. The molecule has 0 aliphatic rings. The fourth-order valence-electron chi connectivity index (χ4n) is 2.24. The predicted molar refractivity (Wildman–Crippen MR) is 75.1 cm³/mol. The van der Waals surface area contributed by atoms with E-state index in [1.54, 1.807) is 4.68 Å². The van der Waals surface area contributed by atoms with Crippen molar-refractivity contribution in [3.8, 4) is 0 Å². The minimum absolute atomic E-state index is 0.0886. The lowest BCUT2D eigenvalue weighted by Crippen LogP contribution is -2.39. The zero-order chi connectivity index (χ0) is 14.6. The van der Waals surface area contributed by atoms with Crippen LogP contribution in [0.4, 0.5) is 0 Å². The van der Waals surface area contributed by atoms with Gasteiger partial charge in [0.15, 0.2) is 0 Å².